The van der Waals surface area contributed by atoms with Gasteiger partial charge in [-0.05, 0) is 24.6 Å². The Morgan fingerprint density at radius 2 is 1.72 bits per heavy atom. The van der Waals surface area contributed by atoms with E-state index in [1.807, 2.05) is 11.0 Å². The number of carbonyl (C=O) groups excluding carboxylic acids is 1. The molecule has 3 heterocycles. The largest absolute Gasteiger partial charge is 0.353 e. The molecule has 2 aliphatic heterocycles. The number of amides is 1. The number of benzene rings is 1. The van der Waals surface area contributed by atoms with Crippen LogP contribution in [0.5, 0.6) is 0 Å². The van der Waals surface area contributed by atoms with Gasteiger partial charge < -0.3 is 14.7 Å². The second-order valence-corrected chi connectivity index (χ2v) is 6.80. The van der Waals surface area contributed by atoms with E-state index in [4.69, 9.17) is 0 Å². The van der Waals surface area contributed by atoms with E-state index in [9.17, 15) is 4.79 Å². The fourth-order valence-corrected chi connectivity index (χ4v) is 3.46. The Morgan fingerprint density at radius 1 is 0.960 bits per heavy atom. The molecular weight excluding hydrogens is 314 g/mol. The first kappa shape index (κ1) is 16.0. The van der Waals surface area contributed by atoms with Gasteiger partial charge in [0.25, 0.3) is 5.91 Å². The summed E-state index contributed by atoms with van der Waals surface area (Å²) < 4.78 is 0. The zero-order valence-corrected chi connectivity index (χ0v) is 14.6. The predicted octanol–water partition coefficient (Wildman–Crippen LogP) is 1.43. The van der Waals surface area contributed by atoms with Crippen LogP contribution in [0.2, 0.25) is 0 Å². The molecule has 0 radical (unpaired) electrons. The number of nitrogens with zero attached hydrogens (tertiary/aromatic N) is 5. The third kappa shape index (κ3) is 3.35. The van der Waals surface area contributed by atoms with Crippen molar-refractivity contribution >= 4 is 11.7 Å². The summed E-state index contributed by atoms with van der Waals surface area (Å²) in [5.74, 6) is 0.820. The Hall–Kier alpha value is -2.47. The van der Waals surface area contributed by atoms with Gasteiger partial charge >= 0.3 is 0 Å². The minimum Gasteiger partial charge on any atom is -0.353 e. The summed E-state index contributed by atoms with van der Waals surface area (Å²) in [5, 5.41) is 0. The van der Waals surface area contributed by atoms with E-state index in [1.54, 1.807) is 12.4 Å². The molecule has 0 aliphatic carbocycles. The fraction of sp³-hybridized carbons (Fsp3) is 0.421. The maximum Gasteiger partial charge on any atom is 0.274 e. The highest BCUT2D eigenvalue weighted by molar-refractivity contribution is 5.92. The van der Waals surface area contributed by atoms with Crippen molar-refractivity contribution in [3.8, 4) is 0 Å². The summed E-state index contributed by atoms with van der Waals surface area (Å²) in [4.78, 5) is 28.0. The van der Waals surface area contributed by atoms with Crippen LogP contribution >= 0.6 is 0 Å². The number of piperazine rings is 1. The molecule has 1 amide bonds. The molecule has 2 aliphatic rings. The summed E-state index contributed by atoms with van der Waals surface area (Å²) >= 11 is 0. The summed E-state index contributed by atoms with van der Waals surface area (Å²) in [6.45, 7) is 5.32. The zero-order chi connectivity index (χ0) is 17.2. The van der Waals surface area contributed by atoms with Crippen molar-refractivity contribution in [3.63, 3.8) is 0 Å². The third-order valence-corrected chi connectivity index (χ3v) is 5.10. The molecule has 0 spiro atoms. The molecule has 1 saturated heterocycles. The Bertz CT molecular complexity index is 753. The van der Waals surface area contributed by atoms with Crippen LogP contribution in [0, 0.1) is 0 Å². The molecule has 6 nitrogen and oxygen atoms in total. The summed E-state index contributed by atoms with van der Waals surface area (Å²) in [6.07, 6.45) is 4.25. The first-order valence-corrected chi connectivity index (χ1v) is 8.82. The lowest BCUT2D eigenvalue weighted by molar-refractivity contribution is 0.0728. The van der Waals surface area contributed by atoms with Crippen LogP contribution in [0.15, 0.2) is 36.7 Å². The van der Waals surface area contributed by atoms with Gasteiger partial charge in [-0.15, -0.1) is 0 Å². The molecule has 1 fully saturated rings. The van der Waals surface area contributed by atoms with Crippen molar-refractivity contribution in [2.45, 2.75) is 13.0 Å². The van der Waals surface area contributed by atoms with Gasteiger partial charge in [-0.2, -0.15) is 0 Å². The lowest BCUT2D eigenvalue weighted by Gasteiger charge is -2.33. The average molecular weight is 337 g/mol. The van der Waals surface area contributed by atoms with Crippen molar-refractivity contribution in [3.05, 3.63) is 53.5 Å². The van der Waals surface area contributed by atoms with E-state index in [0.29, 0.717) is 12.2 Å². The van der Waals surface area contributed by atoms with Gasteiger partial charge in [-0.3, -0.25) is 4.79 Å². The molecule has 25 heavy (non-hydrogen) atoms. The number of aromatic nitrogens is 2. The van der Waals surface area contributed by atoms with Gasteiger partial charge in [-0.25, -0.2) is 9.97 Å². The molecule has 6 heteroatoms. The van der Waals surface area contributed by atoms with Crippen LogP contribution in [-0.4, -0.2) is 65.4 Å². The smallest absolute Gasteiger partial charge is 0.274 e. The molecule has 130 valence electrons. The molecule has 0 saturated carbocycles. The van der Waals surface area contributed by atoms with Crippen molar-refractivity contribution < 1.29 is 4.79 Å². The van der Waals surface area contributed by atoms with E-state index < -0.39 is 0 Å². The molecule has 0 atom stereocenters. The molecule has 0 N–H and O–H groups in total. The minimum atomic E-state index is -0.0352. The fourth-order valence-electron chi connectivity index (χ4n) is 3.46. The zero-order valence-electron chi connectivity index (χ0n) is 14.6. The number of likely N-dealkylation sites (N-methyl/N-ethyl adjacent to an activating group) is 1. The Morgan fingerprint density at radius 3 is 2.44 bits per heavy atom. The predicted molar refractivity (Wildman–Crippen MR) is 96.6 cm³/mol. The number of rotatable bonds is 2. The Kier molecular flexibility index (Phi) is 4.36. The number of hydrogen-bond acceptors (Lipinski definition) is 5. The molecule has 2 aromatic rings. The Balaban J connectivity index is 1.44. The number of fused-ring (bicyclic) bond motifs is 1. The molecule has 4 rings (SSSR count). The van der Waals surface area contributed by atoms with Crippen molar-refractivity contribution in [1.29, 1.82) is 0 Å². The summed E-state index contributed by atoms with van der Waals surface area (Å²) in [5.41, 5.74) is 2.99. The van der Waals surface area contributed by atoms with Gasteiger partial charge in [0.05, 0.1) is 12.4 Å². The molecule has 1 aromatic carbocycles. The van der Waals surface area contributed by atoms with E-state index in [2.05, 4.69) is 45.0 Å². The normalized spacial score (nSPS) is 18.1. The molecule has 1 aromatic heterocycles. The maximum absolute atomic E-state index is 12.7. The SMILES string of the molecule is CN1CCN(c2cnc(C(=O)N3CCc4ccccc4C3)cn2)CC1. The summed E-state index contributed by atoms with van der Waals surface area (Å²) in [6, 6.07) is 8.31. The average Bonchev–Trinajstić information content (AvgIpc) is 2.68. The van der Waals surface area contributed by atoms with Crippen molar-refractivity contribution in [2.75, 3.05) is 44.7 Å². The first-order valence-electron chi connectivity index (χ1n) is 8.82. The minimum absolute atomic E-state index is 0.0352. The van der Waals surface area contributed by atoms with E-state index in [1.165, 1.54) is 11.1 Å². The Labute approximate surface area is 148 Å². The lowest BCUT2D eigenvalue weighted by Crippen LogP contribution is -2.45. The standard InChI is InChI=1S/C19H23N5O/c1-22-8-10-23(11-9-22)18-13-20-17(12-21-18)19(25)24-7-6-15-4-2-3-5-16(15)14-24/h2-5,12-13H,6-11,14H2,1H3. The highest BCUT2D eigenvalue weighted by atomic mass is 16.2. The maximum atomic E-state index is 12.7. The monoisotopic (exact) mass is 337 g/mol. The van der Waals surface area contributed by atoms with Crippen LogP contribution < -0.4 is 4.90 Å². The third-order valence-electron chi connectivity index (χ3n) is 5.10. The van der Waals surface area contributed by atoms with Crippen LogP contribution in [0.4, 0.5) is 5.82 Å². The van der Waals surface area contributed by atoms with Gasteiger partial charge in [0.15, 0.2) is 0 Å². The van der Waals surface area contributed by atoms with Crippen LogP contribution in [-0.2, 0) is 13.0 Å². The number of hydrogen-bond donors (Lipinski definition) is 0. The van der Waals surface area contributed by atoms with Gasteiger partial charge in [0.1, 0.15) is 11.5 Å². The number of carbonyl (C=O) groups is 1. The van der Waals surface area contributed by atoms with Crippen LogP contribution in [0.3, 0.4) is 0 Å². The highest BCUT2D eigenvalue weighted by Crippen LogP contribution is 2.20. The second kappa shape index (κ2) is 6.80. The van der Waals surface area contributed by atoms with Gasteiger partial charge in [0, 0.05) is 39.3 Å². The second-order valence-electron chi connectivity index (χ2n) is 6.80. The van der Waals surface area contributed by atoms with E-state index in [-0.39, 0.29) is 5.91 Å². The number of anilines is 1. The highest BCUT2D eigenvalue weighted by Gasteiger charge is 2.23. The van der Waals surface area contributed by atoms with Gasteiger partial charge in [0.2, 0.25) is 0 Å². The van der Waals surface area contributed by atoms with Crippen molar-refractivity contribution in [1.82, 2.24) is 19.8 Å². The van der Waals surface area contributed by atoms with Crippen LogP contribution in [0.25, 0.3) is 0 Å². The van der Waals surface area contributed by atoms with E-state index >= 15 is 0 Å². The van der Waals surface area contributed by atoms with Gasteiger partial charge in [-0.1, -0.05) is 24.3 Å². The molecule has 0 bridgehead atoms. The van der Waals surface area contributed by atoms with Crippen LogP contribution in [0.1, 0.15) is 21.6 Å². The molecular formula is C19H23N5O. The van der Waals surface area contributed by atoms with Crippen molar-refractivity contribution in [2.24, 2.45) is 0 Å². The first-order chi connectivity index (χ1) is 12.2. The lowest BCUT2D eigenvalue weighted by atomic mass is 10.00. The topological polar surface area (TPSA) is 52.6 Å². The summed E-state index contributed by atoms with van der Waals surface area (Å²) in [7, 11) is 2.13. The van der Waals surface area contributed by atoms with E-state index in [0.717, 1.165) is 45.0 Å². The molecule has 0 unspecified atom stereocenters. The quantitative estimate of drug-likeness (QED) is 0.830.